The maximum atomic E-state index is 13.7. The molecule has 4 rings (SSSR count). The second-order valence-corrected chi connectivity index (χ2v) is 47.7. The molecule has 49 heavy (non-hydrogen) atoms. The van der Waals surface area contributed by atoms with Crippen LogP contribution in [0.4, 0.5) is 20.4 Å². The summed E-state index contributed by atoms with van der Waals surface area (Å²) in [6.45, 7) is 3.76. The number of ether oxygens (including phenoxy) is 2. The second-order valence-electron chi connectivity index (χ2n) is 13.2. The van der Waals surface area contributed by atoms with Crippen molar-refractivity contribution in [1.82, 2.24) is 9.97 Å². The number of hydrogen-bond donors (Lipinski definition) is 2. The summed E-state index contributed by atoms with van der Waals surface area (Å²) in [5, 5.41) is 0. The van der Waals surface area contributed by atoms with Crippen molar-refractivity contribution >= 4 is 128 Å². The Morgan fingerprint density at radius 2 is 1.06 bits per heavy atom. The van der Waals surface area contributed by atoms with Crippen LogP contribution < -0.4 is 24.5 Å². The Morgan fingerprint density at radius 3 is 1.47 bits per heavy atom. The van der Waals surface area contributed by atoms with E-state index in [0.29, 0.717) is 23.1 Å². The number of nitrogens with zero attached hydrogens (tertiary/aromatic N) is 2. The van der Waals surface area contributed by atoms with E-state index in [1.54, 1.807) is 36.7 Å². The van der Waals surface area contributed by atoms with Crippen molar-refractivity contribution < 1.29 is 18.3 Å². The third kappa shape index (κ3) is 18.5. The normalized spacial score (nSPS) is 12.0. The van der Waals surface area contributed by atoms with Gasteiger partial charge in [0.25, 0.3) is 0 Å². The molecule has 0 unspecified atom stereocenters. The zero-order valence-electron chi connectivity index (χ0n) is 30.2. The van der Waals surface area contributed by atoms with Gasteiger partial charge < -0.3 is 10.5 Å². The standard InChI is InChI=1S/C13H11BrFIN2O.C13H11BrFN2O.9CH3.3Sn/c1-7(10-5-9(15)2-3-11(10)16)19-12-4-8(14)6-18-13(12)17;1-8(9-3-2-4-11(15)5-9)18-12-6-10(14)7-17-13(12)16;;;;;;;;;;;;/h2-7H,1H3,(H2,17,18);2,4-8H,1H3,(H2,16,17);9*1H3;;;/t7-;8-;;;;;;;;;;;;/m11............/s1. The summed E-state index contributed by atoms with van der Waals surface area (Å²) in [7, 11) is 0. The van der Waals surface area contributed by atoms with Gasteiger partial charge in [-0.25, -0.2) is 9.37 Å². The predicted octanol–water partition coefficient (Wildman–Crippen LogP) is 11.3. The number of aromatic nitrogens is 2. The third-order valence-corrected chi connectivity index (χ3v) is 13.7. The van der Waals surface area contributed by atoms with E-state index < -0.39 is 57.9 Å². The summed E-state index contributed by atoms with van der Waals surface area (Å²) in [5.41, 5.74) is 13.3. The fraction of sp³-hybridized carbons (Fsp3) is 0.371. The van der Waals surface area contributed by atoms with Crippen molar-refractivity contribution in [2.75, 3.05) is 11.5 Å². The zero-order chi connectivity index (χ0) is 37.6. The molecule has 0 aliphatic heterocycles. The molecule has 0 aliphatic rings. The summed E-state index contributed by atoms with van der Waals surface area (Å²) in [6.07, 6.45) is 2.60. The van der Waals surface area contributed by atoms with E-state index in [1.807, 2.05) is 19.9 Å². The first-order chi connectivity index (χ1) is 22.6. The van der Waals surface area contributed by atoms with E-state index in [9.17, 15) is 8.78 Å². The van der Waals surface area contributed by atoms with E-state index in [1.165, 1.54) is 21.8 Å². The minimum absolute atomic E-state index is 0.245. The number of nitrogen functional groups attached to an aromatic ring is 2. The molecular formula is C35H49Br2F2IN4O2Sn3. The van der Waals surface area contributed by atoms with Gasteiger partial charge in [-0.3, -0.25) is 0 Å². The van der Waals surface area contributed by atoms with Gasteiger partial charge in [-0.05, 0) is 69.7 Å². The molecule has 0 fully saturated rings. The van der Waals surface area contributed by atoms with Crippen LogP contribution in [0.2, 0.25) is 44.5 Å². The molecule has 2 atom stereocenters. The van der Waals surface area contributed by atoms with Gasteiger partial charge in [-0.2, -0.15) is 0 Å². The molecule has 0 amide bonds. The summed E-state index contributed by atoms with van der Waals surface area (Å²) >= 11 is 5.35. The van der Waals surface area contributed by atoms with Gasteiger partial charge >= 0.3 is 213 Å². The molecule has 2 heterocycles. The SMILES string of the molecule is C[C@@H](Oc1cc(Br)cnc1N)c1cc(F)cc[c]1[Sn]([CH3])([CH3])[CH3].C[C@@H](Oc1cc(Br)cnc1N)c1cc(F)ccc1I.[CH3][Sn]([CH3])[CH3].[CH3][Sn]([CH3])[CH3]. The van der Waals surface area contributed by atoms with Crippen molar-refractivity contribution in [2.45, 2.75) is 70.5 Å². The Morgan fingerprint density at radius 1 is 0.694 bits per heavy atom. The van der Waals surface area contributed by atoms with Crippen LogP contribution in [-0.4, -0.2) is 67.9 Å². The molecule has 0 bridgehead atoms. The average molecular weight is 1240 g/mol. The molecule has 0 saturated carbocycles. The predicted molar refractivity (Wildman–Crippen MR) is 226 cm³/mol. The van der Waals surface area contributed by atoms with E-state index >= 15 is 0 Å². The first-order valence-corrected chi connectivity index (χ1v) is 45.3. The Hall–Kier alpha value is -0.114. The van der Waals surface area contributed by atoms with E-state index in [2.05, 4.69) is 109 Å². The summed E-state index contributed by atoms with van der Waals surface area (Å²) < 4.78 is 42.5. The minimum atomic E-state index is -2.38. The molecule has 0 saturated heterocycles. The fourth-order valence-electron chi connectivity index (χ4n) is 3.94. The van der Waals surface area contributed by atoms with Crippen molar-refractivity contribution in [1.29, 1.82) is 0 Å². The van der Waals surface area contributed by atoms with Crippen molar-refractivity contribution in [3.05, 3.63) is 96.2 Å². The molecule has 6 nitrogen and oxygen atoms in total. The fourth-order valence-corrected chi connectivity index (χ4v) is 10.3. The zero-order valence-corrected chi connectivity index (χ0v) is 44.1. The summed E-state index contributed by atoms with van der Waals surface area (Å²) in [5.74, 6) is 1.08. The molecule has 268 valence electrons. The average Bonchev–Trinajstić information content (AvgIpc) is 2.97. The molecule has 2 radical (unpaired) electrons. The molecule has 2 aromatic carbocycles. The van der Waals surface area contributed by atoms with Gasteiger partial charge in [-0.1, -0.05) is 0 Å². The Balaban J connectivity index is 0.000000405. The summed E-state index contributed by atoms with van der Waals surface area (Å²) in [6, 6.07) is 13.1. The number of benzene rings is 2. The molecule has 4 aromatic rings. The quantitative estimate of drug-likeness (QED) is 0.141. The molecule has 2 aromatic heterocycles. The first kappa shape index (κ1) is 46.9. The van der Waals surface area contributed by atoms with Crippen LogP contribution in [-0.2, 0) is 0 Å². The van der Waals surface area contributed by atoms with E-state index in [4.69, 9.17) is 20.9 Å². The Labute approximate surface area is 341 Å². The van der Waals surface area contributed by atoms with Crippen LogP contribution >= 0.6 is 54.5 Å². The number of rotatable bonds is 7. The number of anilines is 2. The van der Waals surface area contributed by atoms with Crippen LogP contribution in [0, 0.1) is 15.2 Å². The second kappa shape index (κ2) is 22.8. The number of pyridine rings is 2. The monoisotopic (exact) mass is 1240 g/mol. The Bertz CT molecular complexity index is 1620. The number of nitrogens with two attached hydrogens (primary N) is 2. The molecule has 14 heteroatoms. The summed E-state index contributed by atoms with van der Waals surface area (Å²) in [4.78, 5) is 29.1. The van der Waals surface area contributed by atoms with Gasteiger partial charge in [0, 0.05) is 19.8 Å². The van der Waals surface area contributed by atoms with Crippen molar-refractivity contribution in [2.24, 2.45) is 0 Å². The van der Waals surface area contributed by atoms with Crippen LogP contribution in [0.5, 0.6) is 11.5 Å². The van der Waals surface area contributed by atoms with Crippen molar-refractivity contribution in [3.8, 4) is 11.5 Å². The topological polar surface area (TPSA) is 96.3 Å². The van der Waals surface area contributed by atoms with E-state index in [0.717, 1.165) is 23.6 Å². The van der Waals surface area contributed by atoms with Gasteiger partial charge in [0.1, 0.15) is 11.9 Å². The first-order valence-electron chi connectivity index (χ1n) is 15.6. The van der Waals surface area contributed by atoms with Crippen LogP contribution in [0.3, 0.4) is 0 Å². The van der Waals surface area contributed by atoms with Gasteiger partial charge in [0.05, 0.1) is 0 Å². The van der Waals surface area contributed by atoms with Gasteiger partial charge in [0.2, 0.25) is 0 Å². The molecule has 0 spiro atoms. The number of halogens is 5. The molecule has 0 aliphatic carbocycles. The number of hydrogen-bond acceptors (Lipinski definition) is 6. The molecular weight excluding hydrogens is 1190 g/mol. The van der Waals surface area contributed by atoms with Crippen LogP contribution in [0.15, 0.2) is 69.9 Å². The van der Waals surface area contributed by atoms with Gasteiger partial charge in [0.15, 0.2) is 11.6 Å². The molecule has 4 N–H and O–H groups in total. The van der Waals surface area contributed by atoms with Crippen molar-refractivity contribution in [3.63, 3.8) is 0 Å². The van der Waals surface area contributed by atoms with Crippen LogP contribution in [0.25, 0.3) is 0 Å². The van der Waals surface area contributed by atoms with E-state index in [-0.39, 0.29) is 23.8 Å². The Kier molecular flexibility index (Phi) is 21.9. The van der Waals surface area contributed by atoms with Crippen LogP contribution in [0.1, 0.15) is 37.2 Å². The third-order valence-electron chi connectivity index (χ3n) is 5.96. The maximum absolute atomic E-state index is 13.7. The van der Waals surface area contributed by atoms with Gasteiger partial charge in [-0.15, -0.1) is 0 Å².